The smallest absolute Gasteiger partial charge is 0.266 e. The molecule has 7 nitrogen and oxygen atoms in total. The number of carbonyl (C=O) groups is 1. The Hall–Kier alpha value is -3.22. The van der Waals surface area contributed by atoms with Crippen molar-refractivity contribution in [2.24, 2.45) is 5.16 Å². The second kappa shape index (κ2) is 9.82. The molecular weight excluding hydrogens is 370 g/mol. The van der Waals surface area contributed by atoms with Crippen LogP contribution in [0.2, 0.25) is 0 Å². The van der Waals surface area contributed by atoms with Gasteiger partial charge < -0.3 is 24.1 Å². The second-order valence-corrected chi connectivity index (χ2v) is 6.74. The van der Waals surface area contributed by atoms with Crippen molar-refractivity contribution in [1.82, 2.24) is 4.90 Å². The molecule has 0 aliphatic carbocycles. The summed E-state index contributed by atoms with van der Waals surface area (Å²) in [5.74, 6) is 1.20. The van der Waals surface area contributed by atoms with Crippen LogP contribution >= 0.6 is 0 Å². The Morgan fingerprint density at radius 1 is 1.00 bits per heavy atom. The van der Waals surface area contributed by atoms with E-state index in [1.54, 1.807) is 39.5 Å². The van der Waals surface area contributed by atoms with E-state index < -0.39 is 6.10 Å². The normalized spacial score (nSPS) is 15.3. The molecule has 154 valence electrons. The van der Waals surface area contributed by atoms with Gasteiger partial charge in [-0.2, -0.15) is 0 Å². The number of methoxy groups -OCH3 is 2. The van der Waals surface area contributed by atoms with E-state index in [0.717, 1.165) is 18.7 Å². The van der Waals surface area contributed by atoms with Gasteiger partial charge in [-0.3, -0.25) is 4.79 Å². The molecule has 1 atom stereocenters. The van der Waals surface area contributed by atoms with Gasteiger partial charge in [-0.05, 0) is 37.3 Å². The minimum absolute atomic E-state index is 0.0535. The molecule has 0 N–H and O–H groups in total. The summed E-state index contributed by atoms with van der Waals surface area (Å²) in [6, 6.07) is 15.7. The molecule has 7 heteroatoms. The molecule has 1 unspecified atom stereocenters. The molecule has 1 aliphatic rings. The van der Waals surface area contributed by atoms with Crippen LogP contribution < -0.4 is 14.4 Å². The lowest BCUT2D eigenvalue weighted by molar-refractivity contribution is -0.142. The Kier molecular flexibility index (Phi) is 6.94. The zero-order valence-electron chi connectivity index (χ0n) is 17.1. The maximum atomic E-state index is 12.6. The summed E-state index contributed by atoms with van der Waals surface area (Å²) in [5.41, 5.74) is 1.97. The average Bonchev–Trinajstić information content (AvgIpc) is 2.79. The van der Waals surface area contributed by atoms with Crippen molar-refractivity contribution in [2.45, 2.75) is 13.0 Å². The van der Waals surface area contributed by atoms with Crippen molar-refractivity contribution in [3.05, 3.63) is 54.1 Å². The summed E-state index contributed by atoms with van der Waals surface area (Å²) in [6.45, 7) is 4.66. The van der Waals surface area contributed by atoms with Gasteiger partial charge in [0.1, 0.15) is 0 Å². The molecule has 0 aromatic heterocycles. The summed E-state index contributed by atoms with van der Waals surface area (Å²) < 4.78 is 10.5. The fourth-order valence-electron chi connectivity index (χ4n) is 3.24. The predicted octanol–water partition coefficient (Wildman–Crippen LogP) is 2.79. The highest BCUT2D eigenvalue weighted by molar-refractivity contribution is 5.82. The first-order chi connectivity index (χ1) is 14.1. The lowest BCUT2D eigenvalue weighted by Gasteiger charge is -2.36. The number of para-hydroxylation sites is 1. The third-order valence-corrected chi connectivity index (χ3v) is 4.89. The van der Waals surface area contributed by atoms with Gasteiger partial charge in [0.05, 0.1) is 20.4 Å². The summed E-state index contributed by atoms with van der Waals surface area (Å²) in [6.07, 6.45) is 0.911. The Bertz CT molecular complexity index is 833. The van der Waals surface area contributed by atoms with Crippen molar-refractivity contribution in [1.29, 1.82) is 0 Å². The summed E-state index contributed by atoms with van der Waals surface area (Å²) >= 11 is 0. The molecule has 2 aromatic rings. The van der Waals surface area contributed by atoms with E-state index in [1.165, 1.54) is 5.69 Å². The van der Waals surface area contributed by atoms with E-state index in [-0.39, 0.29) is 5.91 Å². The first-order valence-corrected chi connectivity index (χ1v) is 9.62. The van der Waals surface area contributed by atoms with Gasteiger partial charge in [-0.15, -0.1) is 0 Å². The van der Waals surface area contributed by atoms with E-state index in [1.807, 2.05) is 29.2 Å². The number of carbonyl (C=O) groups excluding carboxylic acids is 1. The van der Waals surface area contributed by atoms with Crippen molar-refractivity contribution in [3.63, 3.8) is 0 Å². The van der Waals surface area contributed by atoms with Crippen LogP contribution in [0, 0.1) is 0 Å². The van der Waals surface area contributed by atoms with Crippen molar-refractivity contribution in [3.8, 4) is 11.5 Å². The largest absolute Gasteiger partial charge is 0.493 e. The molecule has 1 fully saturated rings. The number of amides is 1. The topological polar surface area (TPSA) is 63.6 Å². The highest BCUT2D eigenvalue weighted by atomic mass is 16.6. The standard InChI is InChI=1S/C22H27N3O4/c1-17(29-23-16-18-9-10-20(27-2)21(15-18)28-3)22(26)25-13-11-24(12-14-25)19-7-5-4-6-8-19/h4-10,15-17H,11-14H2,1-3H3/b23-16+. The van der Waals surface area contributed by atoms with Gasteiger partial charge in [-0.25, -0.2) is 0 Å². The van der Waals surface area contributed by atoms with Gasteiger partial charge >= 0.3 is 0 Å². The molecule has 0 saturated carbocycles. The molecule has 1 aliphatic heterocycles. The SMILES string of the molecule is COc1ccc(/C=N/OC(C)C(=O)N2CCN(c3ccccc3)CC2)cc1OC. The summed E-state index contributed by atoms with van der Waals surface area (Å²) in [7, 11) is 3.16. The number of hydrogen-bond donors (Lipinski definition) is 0. The molecule has 1 heterocycles. The molecule has 1 saturated heterocycles. The molecule has 0 bridgehead atoms. The van der Waals surface area contributed by atoms with Crippen LogP contribution in [0.25, 0.3) is 0 Å². The van der Waals surface area contributed by atoms with Crippen molar-refractivity contribution < 1.29 is 19.1 Å². The van der Waals surface area contributed by atoms with Crippen molar-refractivity contribution >= 4 is 17.8 Å². The van der Waals surface area contributed by atoms with Crippen molar-refractivity contribution in [2.75, 3.05) is 45.3 Å². The molecule has 29 heavy (non-hydrogen) atoms. The van der Waals surface area contributed by atoms with E-state index in [2.05, 4.69) is 22.2 Å². The number of anilines is 1. The van der Waals surface area contributed by atoms with E-state index in [9.17, 15) is 4.79 Å². The van der Waals surface area contributed by atoms with E-state index >= 15 is 0 Å². The molecule has 3 rings (SSSR count). The van der Waals surface area contributed by atoms with E-state index in [0.29, 0.717) is 24.6 Å². The van der Waals surface area contributed by atoms with Crippen LogP contribution in [0.15, 0.2) is 53.7 Å². The molecular formula is C22H27N3O4. The fourth-order valence-corrected chi connectivity index (χ4v) is 3.24. The molecule has 1 amide bonds. The zero-order valence-corrected chi connectivity index (χ0v) is 17.1. The lowest BCUT2D eigenvalue weighted by atomic mass is 10.2. The molecule has 0 spiro atoms. The zero-order chi connectivity index (χ0) is 20.6. The minimum atomic E-state index is -0.644. The third kappa shape index (κ3) is 5.19. The molecule has 2 aromatic carbocycles. The summed E-state index contributed by atoms with van der Waals surface area (Å²) in [4.78, 5) is 22.1. The Labute approximate surface area is 171 Å². The van der Waals surface area contributed by atoms with Gasteiger partial charge in [0.15, 0.2) is 11.5 Å². The highest BCUT2D eigenvalue weighted by Crippen LogP contribution is 2.26. The second-order valence-electron chi connectivity index (χ2n) is 6.74. The number of benzene rings is 2. The third-order valence-electron chi connectivity index (χ3n) is 4.89. The number of nitrogens with zero attached hydrogens (tertiary/aromatic N) is 3. The Morgan fingerprint density at radius 3 is 2.34 bits per heavy atom. The summed E-state index contributed by atoms with van der Waals surface area (Å²) in [5, 5.41) is 3.97. The van der Waals surface area contributed by atoms with Gasteiger partial charge in [0.2, 0.25) is 6.10 Å². The van der Waals surface area contributed by atoms with Crippen LogP contribution in [0.1, 0.15) is 12.5 Å². The number of ether oxygens (including phenoxy) is 2. The first kappa shape index (κ1) is 20.5. The van der Waals surface area contributed by atoms with Crippen LogP contribution in [0.4, 0.5) is 5.69 Å². The van der Waals surface area contributed by atoms with Gasteiger partial charge in [-0.1, -0.05) is 23.4 Å². The van der Waals surface area contributed by atoms with Crippen LogP contribution in [-0.2, 0) is 9.63 Å². The monoisotopic (exact) mass is 397 g/mol. The molecule has 0 radical (unpaired) electrons. The quantitative estimate of drug-likeness (QED) is 0.531. The minimum Gasteiger partial charge on any atom is -0.493 e. The highest BCUT2D eigenvalue weighted by Gasteiger charge is 2.26. The Morgan fingerprint density at radius 2 is 1.69 bits per heavy atom. The van der Waals surface area contributed by atoms with E-state index in [4.69, 9.17) is 14.3 Å². The maximum absolute atomic E-state index is 12.6. The van der Waals surface area contributed by atoms with Gasteiger partial charge in [0.25, 0.3) is 5.91 Å². The maximum Gasteiger partial charge on any atom is 0.266 e. The number of piperazine rings is 1. The van der Waals surface area contributed by atoms with Crippen LogP contribution in [0.3, 0.4) is 0 Å². The predicted molar refractivity (Wildman–Crippen MR) is 113 cm³/mol. The van der Waals surface area contributed by atoms with Gasteiger partial charge in [0, 0.05) is 37.4 Å². The fraction of sp³-hybridized carbons (Fsp3) is 0.364. The van der Waals surface area contributed by atoms with Crippen LogP contribution in [-0.4, -0.2) is 63.5 Å². The number of hydrogen-bond acceptors (Lipinski definition) is 6. The Balaban J connectivity index is 1.50. The lowest BCUT2D eigenvalue weighted by Crippen LogP contribution is -2.51. The number of oxime groups is 1. The average molecular weight is 397 g/mol. The first-order valence-electron chi connectivity index (χ1n) is 9.62. The van der Waals surface area contributed by atoms with Crippen LogP contribution in [0.5, 0.6) is 11.5 Å². The number of rotatable bonds is 7.